The topological polar surface area (TPSA) is 37.3 Å². The van der Waals surface area contributed by atoms with Crippen LogP contribution in [0.2, 0.25) is 0 Å². The van der Waals surface area contributed by atoms with E-state index in [0.717, 1.165) is 5.56 Å². The molecule has 0 radical (unpaired) electrons. The number of rotatable bonds is 5. The predicted octanol–water partition coefficient (Wildman–Crippen LogP) is 4.32. The Morgan fingerprint density at radius 3 is 2.04 bits per heavy atom. The first-order chi connectivity index (χ1) is 11.9. The molecule has 1 heterocycles. The minimum atomic E-state index is -0.0448. The van der Waals surface area contributed by atoms with Crippen LogP contribution in [0.5, 0.6) is 0 Å². The third-order valence-electron chi connectivity index (χ3n) is 4.12. The van der Waals surface area contributed by atoms with Crippen molar-refractivity contribution >= 4 is 6.21 Å². The number of nitrogens with one attached hydrogen (secondary N) is 1. The van der Waals surface area contributed by atoms with Crippen molar-refractivity contribution in [3.8, 4) is 0 Å². The third kappa shape index (κ3) is 3.27. The van der Waals surface area contributed by atoms with Gasteiger partial charge in [0.25, 0.3) is 0 Å². The van der Waals surface area contributed by atoms with Gasteiger partial charge in [-0.25, -0.2) is 5.43 Å². The molecule has 1 aliphatic heterocycles. The van der Waals surface area contributed by atoms with Crippen LogP contribution in [0, 0.1) is 0 Å². The molecule has 24 heavy (non-hydrogen) atoms. The highest BCUT2D eigenvalue weighted by Gasteiger charge is 2.40. The lowest BCUT2D eigenvalue weighted by Gasteiger charge is -2.13. The van der Waals surface area contributed by atoms with E-state index in [-0.39, 0.29) is 12.3 Å². The standard InChI is InChI=1S/C21H19N3/c1-4-10-17(11-5-1)16-22-20(18-12-6-2-7-13-18)24-21(23-24)19-14-8-3-9-15-19/h1-16,20-21,23H/b22-16+. The summed E-state index contributed by atoms with van der Waals surface area (Å²) in [5.41, 5.74) is 6.98. The first kappa shape index (κ1) is 14.8. The van der Waals surface area contributed by atoms with E-state index < -0.39 is 0 Å². The Morgan fingerprint density at radius 1 is 0.792 bits per heavy atom. The normalized spacial score (nSPS) is 20.8. The smallest absolute Gasteiger partial charge is 0.142 e. The maximum Gasteiger partial charge on any atom is 0.142 e. The Labute approximate surface area is 142 Å². The summed E-state index contributed by atoms with van der Waals surface area (Å²) in [4.78, 5) is 4.84. The maximum atomic E-state index is 4.84. The van der Waals surface area contributed by atoms with E-state index >= 15 is 0 Å². The molecule has 0 amide bonds. The molecular weight excluding hydrogens is 294 g/mol. The number of aliphatic imine (C=N–C) groups is 1. The monoisotopic (exact) mass is 313 g/mol. The molecule has 0 aliphatic carbocycles. The highest BCUT2D eigenvalue weighted by molar-refractivity contribution is 5.79. The van der Waals surface area contributed by atoms with Gasteiger partial charge in [-0.05, 0) is 16.7 Å². The van der Waals surface area contributed by atoms with Gasteiger partial charge in [0.2, 0.25) is 0 Å². The summed E-state index contributed by atoms with van der Waals surface area (Å²) in [6, 6.07) is 31.0. The van der Waals surface area contributed by atoms with Crippen molar-refractivity contribution in [2.75, 3.05) is 0 Å². The Morgan fingerprint density at radius 2 is 1.38 bits per heavy atom. The Hall–Kier alpha value is -2.75. The van der Waals surface area contributed by atoms with Gasteiger partial charge < -0.3 is 0 Å². The van der Waals surface area contributed by atoms with Crippen molar-refractivity contribution in [2.45, 2.75) is 12.3 Å². The van der Waals surface area contributed by atoms with E-state index in [2.05, 4.69) is 71.1 Å². The Kier molecular flexibility index (Phi) is 4.19. The van der Waals surface area contributed by atoms with Crippen LogP contribution in [0.1, 0.15) is 29.0 Å². The first-order valence-electron chi connectivity index (χ1n) is 8.14. The zero-order valence-electron chi connectivity index (χ0n) is 13.3. The molecule has 3 aromatic rings. The van der Waals surface area contributed by atoms with E-state index in [1.165, 1.54) is 11.1 Å². The second-order valence-corrected chi connectivity index (χ2v) is 5.82. The van der Waals surface area contributed by atoms with Gasteiger partial charge in [-0.1, -0.05) is 91.0 Å². The SMILES string of the molecule is C(=N\C(c1ccccc1)N1NC1c1ccccc1)/c1ccccc1. The lowest BCUT2D eigenvalue weighted by atomic mass is 10.1. The molecule has 4 rings (SSSR count). The molecule has 1 saturated heterocycles. The lowest BCUT2D eigenvalue weighted by Crippen LogP contribution is -2.10. The second-order valence-electron chi connectivity index (χ2n) is 5.82. The van der Waals surface area contributed by atoms with Crippen molar-refractivity contribution in [3.05, 3.63) is 108 Å². The second kappa shape index (κ2) is 6.79. The molecule has 3 atom stereocenters. The van der Waals surface area contributed by atoms with E-state index in [0.29, 0.717) is 0 Å². The number of hydrogen-bond acceptors (Lipinski definition) is 3. The van der Waals surface area contributed by atoms with Crippen molar-refractivity contribution in [2.24, 2.45) is 4.99 Å². The zero-order chi connectivity index (χ0) is 16.2. The fourth-order valence-electron chi connectivity index (χ4n) is 2.83. The average molecular weight is 313 g/mol. The molecule has 118 valence electrons. The maximum absolute atomic E-state index is 4.84. The molecule has 3 heteroatoms. The van der Waals surface area contributed by atoms with E-state index in [1.54, 1.807) is 0 Å². The Bertz CT molecular complexity index is 800. The van der Waals surface area contributed by atoms with E-state index in [1.807, 2.05) is 36.5 Å². The molecule has 3 nitrogen and oxygen atoms in total. The van der Waals surface area contributed by atoms with Gasteiger partial charge in [0, 0.05) is 6.21 Å². The average Bonchev–Trinajstić information content (AvgIpc) is 3.45. The summed E-state index contributed by atoms with van der Waals surface area (Å²) in [6.07, 6.45) is 2.11. The van der Waals surface area contributed by atoms with Crippen LogP contribution in [0.4, 0.5) is 0 Å². The highest BCUT2D eigenvalue weighted by atomic mass is 15.8. The number of nitrogens with zero attached hydrogens (tertiary/aromatic N) is 2. The largest absolute Gasteiger partial charge is 0.267 e. The Balaban J connectivity index is 1.59. The van der Waals surface area contributed by atoms with E-state index in [9.17, 15) is 0 Å². The molecule has 0 bridgehead atoms. The van der Waals surface area contributed by atoms with Crippen LogP contribution in [-0.4, -0.2) is 11.2 Å². The number of hydrogen-bond donors (Lipinski definition) is 1. The third-order valence-corrected chi connectivity index (χ3v) is 4.12. The van der Waals surface area contributed by atoms with Crippen LogP contribution < -0.4 is 5.43 Å². The summed E-state index contributed by atoms with van der Waals surface area (Å²) in [7, 11) is 0. The molecule has 3 unspecified atom stereocenters. The van der Waals surface area contributed by atoms with Crippen molar-refractivity contribution < 1.29 is 0 Å². The highest BCUT2D eigenvalue weighted by Crippen LogP contribution is 2.37. The van der Waals surface area contributed by atoms with Crippen molar-refractivity contribution in [1.82, 2.24) is 10.4 Å². The van der Waals surface area contributed by atoms with Gasteiger partial charge in [0.05, 0.1) is 0 Å². The summed E-state index contributed by atoms with van der Waals surface area (Å²) in [5, 5.41) is 2.18. The molecule has 3 aromatic carbocycles. The minimum Gasteiger partial charge on any atom is -0.267 e. The van der Waals surface area contributed by atoms with Crippen LogP contribution >= 0.6 is 0 Å². The quantitative estimate of drug-likeness (QED) is 0.562. The summed E-state index contributed by atoms with van der Waals surface area (Å²) >= 11 is 0. The van der Waals surface area contributed by atoms with Crippen molar-refractivity contribution in [3.63, 3.8) is 0 Å². The molecule has 1 N–H and O–H groups in total. The molecule has 1 aliphatic rings. The molecular formula is C21H19N3. The lowest BCUT2D eigenvalue weighted by molar-refractivity contribution is 0.372. The predicted molar refractivity (Wildman–Crippen MR) is 97.4 cm³/mol. The number of hydrazine groups is 1. The van der Waals surface area contributed by atoms with Gasteiger partial charge >= 0.3 is 0 Å². The van der Waals surface area contributed by atoms with Crippen LogP contribution in [0.25, 0.3) is 0 Å². The summed E-state index contributed by atoms with van der Waals surface area (Å²) in [6.45, 7) is 0. The van der Waals surface area contributed by atoms with Crippen LogP contribution in [-0.2, 0) is 0 Å². The van der Waals surface area contributed by atoms with Gasteiger partial charge in [-0.3, -0.25) is 4.99 Å². The van der Waals surface area contributed by atoms with Gasteiger partial charge in [0.15, 0.2) is 0 Å². The van der Waals surface area contributed by atoms with E-state index in [4.69, 9.17) is 4.99 Å². The fraction of sp³-hybridized carbons (Fsp3) is 0.0952. The summed E-state index contributed by atoms with van der Waals surface area (Å²) < 4.78 is 0. The zero-order valence-corrected chi connectivity index (χ0v) is 13.3. The molecule has 0 spiro atoms. The molecule has 1 fully saturated rings. The molecule has 0 saturated carbocycles. The molecule has 0 aromatic heterocycles. The van der Waals surface area contributed by atoms with Gasteiger partial charge in [-0.2, -0.15) is 5.01 Å². The number of benzene rings is 3. The van der Waals surface area contributed by atoms with Crippen LogP contribution in [0.3, 0.4) is 0 Å². The van der Waals surface area contributed by atoms with Crippen LogP contribution in [0.15, 0.2) is 96.0 Å². The van der Waals surface area contributed by atoms with Gasteiger partial charge in [-0.15, -0.1) is 0 Å². The first-order valence-corrected chi connectivity index (χ1v) is 8.14. The minimum absolute atomic E-state index is 0.0448. The fourth-order valence-corrected chi connectivity index (χ4v) is 2.83. The van der Waals surface area contributed by atoms with Gasteiger partial charge in [0.1, 0.15) is 12.3 Å². The summed E-state index contributed by atoms with van der Waals surface area (Å²) in [5.74, 6) is 0. The van der Waals surface area contributed by atoms with Crippen molar-refractivity contribution in [1.29, 1.82) is 0 Å².